The van der Waals surface area contributed by atoms with Gasteiger partial charge in [0.05, 0.1) is 16.4 Å². The Kier molecular flexibility index (Phi) is 4.14. The quantitative estimate of drug-likeness (QED) is 0.695. The zero-order chi connectivity index (χ0) is 18.6. The van der Waals surface area contributed by atoms with Gasteiger partial charge in [-0.2, -0.15) is 5.10 Å². The van der Waals surface area contributed by atoms with E-state index < -0.39 is 0 Å². The number of likely N-dealkylation sites (tertiary alicyclic amines) is 1. The number of fused-ring (bicyclic) bond motifs is 3. The summed E-state index contributed by atoms with van der Waals surface area (Å²) in [5.41, 5.74) is 1.47. The summed E-state index contributed by atoms with van der Waals surface area (Å²) in [7, 11) is 1.90. The first-order valence-corrected chi connectivity index (χ1v) is 9.96. The fourth-order valence-corrected chi connectivity index (χ4v) is 5.32. The van der Waals surface area contributed by atoms with Crippen LogP contribution >= 0.6 is 11.3 Å². The maximum absolute atomic E-state index is 13.0. The third-order valence-electron chi connectivity index (χ3n) is 5.56. The number of carbonyl (C=O) groups is 1. The van der Waals surface area contributed by atoms with Crippen LogP contribution in [0.2, 0.25) is 0 Å². The lowest BCUT2D eigenvalue weighted by Gasteiger charge is -2.39. The zero-order valence-electron chi connectivity index (χ0n) is 15.7. The van der Waals surface area contributed by atoms with Gasteiger partial charge < -0.3 is 9.47 Å². The maximum Gasteiger partial charge on any atom is 0.291 e. The molecule has 2 unspecified atom stereocenters. The standard InChI is InChI=1S/C19H24N4O2S/c1-11-6-5-7-12(2)23(11)16(24)10-22-19(25)17-14(9-20-22)18-15(21(17)4)8-13(3)26-18/h8-9,11-12H,5-7,10H2,1-4H3. The molecule has 1 fully saturated rings. The van der Waals surface area contributed by atoms with Crippen molar-refractivity contribution in [1.82, 2.24) is 19.2 Å². The van der Waals surface area contributed by atoms with Gasteiger partial charge in [0.2, 0.25) is 5.91 Å². The molecule has 138 valence electrons. The minimum Gasteiger partial charge on any atom is -0.338 e. The second-order valence-electron chi connectivity index (χ2n) is 7.43. The van der Waals surface area contributed by atoms with Gasteiger partial charge in [-0.25, -0.2) is 4.68 Å². The smallest absolute Gasteiger partial charge is 0.291 e. The van der Waals surface area contributed by atoms with Gasteiger partial charge in [-0.1, -0.05) is 0 Å². The summed E-state index contributed by atoms with van der Waals surface area (Å²) in [4.78, 5) is 29.0. The number of aromatic nitrogens is 3. The van der Waals surface area contributed by atoms with Gasteiger partial charge in [0.1, 0.15) is 12.1 Å². The molecule has 0 bridgehead atoms. The summed E-state index contributed by atoms with van der Waals surface area (Å²) in [5, 5.41) is 5.18. The first-order chi connectivity index (χ1) is 12.4. The molecular formula is C19H24N4O2S. The monoisotopic (exact) mass is 372 g/mol. The van der Waals surface area contributed by atoms with Crippen LogP contribution in [-0.4, -0.2) is 37.2 Å². The zero-order valence-corrected chi connectivity index (χ0v) is 16.5. The molecule has 1 amide bonds. The molecule has 0 aromatic carbocycles. The summed E-state index contributed by atoms with van der Waals surface area (Å²) in [5.74, 6) is -0.0227. The number of hydrogen-bond acceptors (Lipinski definition) is 4. The van der Waals surface area contributed by atoms with E-state index in [9.17, 15) is 9.59 Å². The van der Waals surface area contributed by atoms with Gasteiger partial charge in [0.15, 0.2) is 0 Å². The van der Waals surface area contributed by atoms with E-state index >= 15 is 0 Å². The molecular weight excluding hydrogens is 348 g/mol. The Morgan fingerprint density at radius 1 is 1.31 bits per heavy atom. The predicted molar refractivity (Wildman–Crippen MR) is 105 cm³/mol. The third kappa shape index (κ3) is 2.57. The maximum atomic E-state index is 13.0. The van der Waals surface area contributed by atoms with Crippen LogP contribution in [0.5, 0.6) is 0 Å². The number of amides is 1. The van der Waals surface area contributed by atoms with Crippen molar-refractivity contribution in [2.75, 3.05) is 0 Å². The Morgan fingerprint density at radius 2 is 2.00 bits per heavy atom. The number of carbonyl (C=O) groups excluding carboxylic acids is 1. The lowest BCUT2D eigenvalue weighted by molar-refractivity contribution is -0.138. The van der Waals surface area contributed by atoms with E-state index in [-0.39, 0.29) is 30.1 Å². The van der Waals surface area contributed by atoms with E-state index in [1.54, 1.807) is 17.5 Å². The van der Waals surface area contributed by atoms with Crippen LogP contribution in [0.3, 0.4) is 0 Å². The van der Waals surface area contributed by atoms with Crippen molar-refractivity contribution in [3.05, 3.63) is 27.5 Å². The van der Waals surface area contributed by atoms with Crippen LogP contribution in [0, 0.1) is 6.92 Å². The average molecular weight is 372 g/mol. The fourth-order valence-electron chi connectivity index (χ4n) is 4.27. The SMILES string of the molecule is Cc1cc2c(s1)c1cnn(CC(=O)N3C(C)CCCC3C)c(=O)c1n2C. The van der Waals surface area contributed by atoms with Gasteiger partial charge in [-0.15, -0.1) is 11.3 Å². The number of piperidine rings is 1. The lowest BCUT2D eigenvalue weighted by atomic mass is 9.97. The van der Waals surface area contributed by atoms with Crippen LogP contribution < -0.4 is 5.56 Å². The normalized spacial score (nSPS) is 21.0. The molecule has 4 rings (SSSR count). The second-order valence-corrected chi connectivity index (χ2v) is 8.69. The molecule has 1 saturated heterocycles. The van der Waals surface area contributed by atoms with E-state index in [0.717, 1.165) is 34.9 Å². The Balaban J connectivity index is 1.73. The van der Waals surface area contributed by atoms with Crippen molar-refractivity contribution >= 4 is 38.4 Å². The summed E-state index contributed by atoms with van der Waals surface area (Å²) >= 11 is 1.67. The van der Waals surface area contributed by atoms with E-state index in [0.29, 0.717) is 5.52 Å². The topological polar surface area (TPSA) is 60.1 Å². The molecule has 26 heavy (non-hydrogen) atoms. The van der Waals surface area contributed by atoms with Crippen molar-refractivity contribution in [3.63, 3.8) is 0 Å². The summed E-state index contributed by atoms with van der Waals surface area (Å²) in [6, 6.07) is 2.52. The summed E-state index contributed by atoms with van der Waals surface area (Å²) in [6.45, 7) is 6.23. The average Bonchev–Trinajstić information content (AvgIpc) is 3.07. The number of aryl methyl sites for hydroxylation is 2. The van der Waals surface area contributed by atoms with Crippen molar-refractivity contribution in [1.29, 1.82) is 0 Å². The third-order valence-corrected chi connectivity index (χ3v) is 6.63. The van der Waals surface area contributed by atoms with Crippen LogP contribution in [-0.2, 0) is 18.4 Å². The van der Waals surface area contributed by atoms with Crippen LogP contribution in [0.1, 0.15) is 38.0 Å². The molecule has 4 heterocycles. The number of hydrogen-bond donors (Lipinski definition) is 0. The highest BCUT2D eigenvalue weighted by Gasteiger charge is 2.29. The largest absolute Gasteiger partial charge is 0.338 e. The molecule has 0 N–H and O–H groups in total. The van der Waals surface area contributed by atoms with Crippen molar-refractivity contribution in [2.45, 2.75) is 58.7 Å². The first-order valence-electron chi connectivity index (χ1n) is 9.14. The molecule has 3 aromatic rings. The lowest BCUT2D eigenvalue weighted by Crippen LogP contribution is -2.49. The van der Waals surface area contributed by atoms with Crippen LogP contribution in [0.15, 0.2) is 17.1 Å². The highest BCUT2D eigenvalue weighted by Crippen LogP contribution is 2.32. The molecule has 0 spiro atoms. The molecule has 7 heteroatoms. The molecule has 1 aliphatic rings. The van der Waals surface area contributed by atoms with Gasteiger partial charge >= 0.3 is 0 Å². The van der Waals surface area contributed by atoms with Crippen LogP contribution in [0.4, 0.5) is 0 Å². The highest BCUT2D eigenvalue weighted by atomic mass is 32.1. The fraction of sp³-hybridized carbons (Fsp3) is 0.526. The van der Waals surface area contributed by atoms with Gasteiger partial charge in [0, 0.05) is 29.4 Å². The Morgan fingerprint density at radius 3 is 2.69 bits per heavy atom. The highest BCUT2D eigenvalue weighted by molar-refractivity contribution is 7.20. The van der Waals surface area contributed by atoms with Crippen molar-refractivity contribution < 1.29 is 4.79 Å². The molecule has 6 nitrogen and oxygen atoms in total. The van der Waals surface area contributed by atoms with E-state index in [2.05, 4.69) is 31.9 Å². The molecule has 0 aliphatic carbocycles. The first kappa shape index (κ1) is 17.3. The Labute approximate surface area is 156 Å². The Bertz CT molecular complexity index is 1050. The number of thiophene rings is 1. The van der Waals surface area contributed by atoms with Gasteiger partial charge in [0.25, 0.3) is 5.56 Å². The van der Waals surface area contributed by atoms with Crippen LogP contribution in [0.25, 0.3) is 21.1 Å². The van der Waals surface area contributed by atoms with E-state index in [1.165, 1.54) is 9.56 Å². The summed E-state index contributed by atoms with van der Waals surface area (Å²) < 4.78 is 4.32. The van der Waals surface area contributed by atoms with Crippen molar-refractivity contribution in [3.8, 4) is 0 Å². The number of nitrogens with zero attached hydrogens (tertiary/aromatic N) is 4. The molecule has 0 saturated carbocycles. The molecule has 1 aliphatic heterocycles. The molecule has 2 atom stereocenters. The predicted octanol–water partition coefficient (Wildman–Crippen LogP) is 3.05. The Hall–Kier alpha value is -2.15. The van der Waals surface area contributed by atoms with Gasteiger partial charge in [-0.3, -0.25) is 9.59 Å². The second kappa shape index (κ2) is 6.23. The van der Waals surface area contributed by atoms with E-state index in [1.807, 2.05) is 16.5 Å². The number of rotatable bonds is 2. The minimum atomic E-state index is -0.197. The van der Waals surface area contributed by atoms with Gasteiger partial charge in [-0.05, 0) is 46.1 Å². The van der Waals surface area contributed by atoms with E-state index in [4.69, 9.17) is 0 Å². The summed E-state index contributed by atoms with van der Waals surface area (Å²) in [6.07, 6.45) is 4.91. The minimum absolute atomic E-state index is 0.00130. The molecule has 0 radical (unpaired) electrons. The van der Waals surface area contributed by atoms with Crippen molar-refractivity contribution in [2.24, 2.45) is 7.05 Å². The molecule has 3 aromatic heterocycles.